The SMILES string of the molecule is O=C(NCCCN1CCCc2ccccc21)c1c[nH]c(=O)[nH]c1=O. The van der Waals surface area contributed by atoms with Crippen LogP contribution >= 0.6 is 0 Å². The molecule has 7 heteroatoms. The molecule has 0 aliphatic carbocycles. The third-order valence-electron chi connectivity index (χ3n) is 4.16. The number of carbonyl (C=O) groups is 1. The third kappa shape index (κ3) is 3.56. The van der Waals surface area contributed by atoms with Crippen LogP contribution < -0.4 is 21.5 Å². The molecule has 1 aliphatic rings. The molecular formula is C17H20N4O3. The fourth-order valence-electron chi connectivity index (χ4n) is 2.99. The van der Waals surface area contributed by atoms with E-state index < -0.39 is 17.2 Å². The highest BCUT2D eigenvalue weighted by Gasteiger charge is 2.16. The lowest BCUT2D eigenvalue weighted by Crippen LogP contribution is -2.36. The van der Waals surface area contributed by atoms with Crippen molar-refractivity contribution in [2.24, 2.45) is 0 Å². The normalized spacial score (nSPS) is 13.4. The minimum absolute atomic E-state index is 0.0853. The molecule has 0 radical (unpaired) electrons. The lowest BCUT2D eigenvalue weighted by atomic mass is 10.0. The van der Waals surface area contributed by atoms with Crippen molar-refractivity contribution in [1.82, 2.24) is 15.3 Å². The monoisotopic (exact) mass is 328 g/mol. The van der Waals surface area contributed by atoms with Gasteiger partial charge >= 0.3 is 5.69 Å². The Balaban J connectivity index is 1.52. The van der Waals surface area contributed by atoms with Gasteiger partial charge in [-0.05, 0) is 30.9 Å². The molecule has 7 nitrogen and oxygen atoms in total. The average Bonchev–Trinajstić information content (AvgIpc) is 2.58. The van der Waals surface area contributed by atoms with Gasteiger partial charge in [-0.1, -0.05) is 18.2 Å². The molecule has 24 heavy (non-hydrogen) atoms. The van der Waals surface area contributed by atoms with E-state index in [1.165, 1.54) is 11.3 Å². The Hall–Kier alpha value is -2.83. The zero-order chi connectivity index (χ0) is 16.9. The number of rotatable bonds is 5. The molecule has 0 fully saturated rings. The quantitative estimate of drug-likeness (QED) is 0.701. The van der Waals surface area contributed by atoms with Crippen LogP contribution in [-0.4, -0.2) is 35.5 Å². The van der Waals surface area contributed by atoms with Gasteiger partial charge in [0, 0.05) is 31.5 Å². The summed E-state index contributed by atoms with van der Waals surface area (Å²) in [6, 6.07) is 8.39. The number of aryl methyl sites for hydroxylation is 1. The first-order chi connectivity index (χ1) is 11.6. The molecule has 1 aliphatic heterocycles. The largest absolute Gasteiger partial charge is 0.371 e. The van der Waals surface area contributed by atoms with Gasteiger partial charge in [0.05, 0.1) is 0 Å². The number of H-pyrrole nitrogens is 2. The van der Waals surface area contributed by atoms with E-state index in [1.807, 2.05) is 11.1 Å². The summed E-state index contributed by atoms with van der Waals surface area (Å²) in [6.07, 6.45) is 4.16. The van der Waals surface area contributed by atoms with Crippen LogP contribution in [0.1, 0.15) is 28.8 Å². The predicted octanol–water partition coefficient (Wildman–Crippen LogP) is 0.636. The van der Waals surface area contributed by atoms with E-state index in [0.717, 1.165) is 38.5 Å². The fraction of sp³-hybridized carbons (Fsp3) is 0.353. The number of para-hydroxylation sites is 1. The Morgan fingerprint density at radius 3 is 2.92 bits per heavy atom. The molecular weight excluding hydrogens is 308 g/mol. The molecule has 1 amide bonds. The highest BCUT2D eigenvalue weighted by molar-refractivity contribution is 5.93. The van der Waals surface area contributed by atoms with Crippen LogP contribution in [0.25, 0.3) is 0 Å². The molecule has 3 N–H and O–H groups in total. The van der Waals surface area contributed by atoms with Crippen molar-refractivity contribution in [2.45, 2.75) is 19.3 Å². The van der Waals surface area contributed by atoms with E-state index in [2.05, 4.69) is 33.4 Å². The van der Waals surface area contributed by atoms with Gasteiger partial charge in [-0.3, -0.25) is 14.6 Å². The lowest BCUT2D eigenvalue weighted by Gasteiger charge is -2.31. The van der Waals surface area contributed by atoms with E-state index in [0.29, 0.717) is 6.54 Å². The highest BCUT2D eigenvalue weighted by Crippen LogP contribution is 2.26. The summed E-state index contributed by atoms with van der Waals surface area (Å²) in [5.74, 6) is -0.480. The summed E-state index contributed by atoms with van der Waals surface area (Å²) < 4.78 is 0. The molecule has 0 saturated heterocycles. The smallest absolute Gasteiger partial charge is 0.325 e. The number of hydrogen-bond acceptors (Lipinski definition) is 4. The Morgan fingerprint density at radius 2 is 2.08 bits per heavy atom. The third-order valence-corrected chi connectivity index (χ3v) is 4.16. The minimum Gasteiger partial charge on any atom is -0.371 e. The molecule has 0 bridgehead atoms. The molecule has 126 valence electrons. The molecule has 3 rings (SSSR count). The number of anilines is 1. The Kier molecular flexibility index (Phi) is 4.79. The minimum atomic E-state index is -0.679. The topological polar surface area (TPSA) is 98.1 Å². The number of carbonyl (C=O) groups excluding carboxylic acids is 1. The van der Waals surface area contributed by atoms with Gasteiger partial charge in [-0.15, -0.1) is 0 Å². The summed E-state index contributed by atoms with van der Waals surface area (Å²) >= 11 is 0. The molecule has 2 aromatic rings. The summed E-state index contributed by atoms with van der Waals surface area (Å²) in [6.45, 7) is 2.33. The first-order valence-corrected chi connectivity index (χ1v) is 8.08. The molecule has 2 heterocycles. The standard InChI is InChI=1S/C17H20N4O3/c22-15(13-11-19-17(24)20-16(13)23)18-8-4-10-21-9-3-6-12-5-1-2-7-14(12)21/h1-2,5,7,11H,3-4,6,8-10H2,(H,18,22)(H2,19,20,23,24). The zero-order valence-corrected chi connectivity index (χ0v) is 13.3. The van der Waals surface area contributed by atoms with Crippen LogP contribution in [0.15, 0.2) is 40.1 Å². The summed E-state index contributed by atoms with van der Waals surface area (Å²) in [5, 5.41) is 2.72. The molecule has 0 saturated carbocycles. The van der Waals surface area contributed by atoms with Gasteiger partial charge in [0.15, 0.2) is 0 Å². The number of benzene rings is 1. The van der Waals surface area contributed by atoms with E-state index >= 15 is 0 Å². The zero-order valence-electron chi connectivity index (χ0n) is 13.3. The van der Waals surface area contributed by atoms with Gasteiger partial charge in [0.2, 0.25) is 0 Å². The molecule has 1 aromatic carbocycles. The molecule has 1 aromatic heterocycles. The van der Waals surface area contributed by atoms with Crippen LogP contribution in [0.4, 0.5) is 5.69 Å². The van der Waals surface area contributed by atoms with Crippen LogP contribution in [-0.2, 0) is 6.42 Å². The van der Waals surface area contributed by atoms with Gasteiger partial charge < -0.3 is 15.2 Å². The summed E-state index contributed by atoms with van der Waals surface area (Å²) in [5.41, 5.74) is 1.25. The summed E-state index contributed by atoms with van der Waals surface area (Å²) in [7, 11) is 0. The van der Waals surface area contributed by atoms with E-state index in [1.54, 1.807) is 0 Å². The molecule has 0 atom stereocenters. The number of nitrogens with one attached hydrogen (secondary N) is 3. The Labute approximate surface area is 138 Å². The second kappa shape index (κ2) is 7.16. The number of fused-ring (bicyclic) bond motifs is 1. The molecule has 0 spiro atoms. The van der Waals surface area contributed by atoms with Crippen molar-refractivity contribution in [2.75, 3.05) is 24.5 Å². The van der Waals surface area contributed by atoms with Crippen molar-refractivity contribution in [3.8, 4) is 0 Å². The highest BCUT2D eigenvalue weighted by atomic mass is 16.2. The Bertz CT molecular complexity index is 840. The maximum Gasteiger partial charge on any atom is 0.325 e. The first kappa shape index (κ1) is 16.0. The fourth-order valence-corrected chi connectivity index (χ4v) is 2.99. The predicted molar refractivity (Wildman–Crippen MR) is 91.6 cm³/mol. The number of aromatic nitrogens is 2. The van der Waals surface area contributed by atoms with Crippen molar-refractivity contribution < 1.29 is 4.79 Å². The van der Waals surface area contributed by atoms with E-state index in [-0.39, 0.29) is 5.56 Å². The van der Waals surface area contributed by atoms with Crippen LogP contribution in [0.5, 0.6) is 0 Å². The van der Waals surface area contributed by atoms with Gasteiger partial charge in [-0.2, -0.15) is 0 Å². The maximum atomic E-state index is 12.0. The lowest BCUT2D eigenvalue weighted by molar-refractivity contribution is 0.0951. The van der Waals surface area contributed by atoms with Crippen LogP contribution in [0.3, 0.4) is 0 Å². The van der Waals surface area contributed by atoms with E-state index in [4.69, 9.17) is 0 Å². The van der Waals surface area contributed by atoms with Crippen LogP contribution in [0, 0.1) is 0 Å². The molecule has 0 unspecified atom stereocenters. The second-order valence-electron chi connectivity index (χ2n) is 5.81. The van der Waals surface area contributed by atoms with Crippen molar-refractivity contribution in [1.29, 1.82) is 0 Å². The van der Waals surface area contributed by atoms with Crippen molar-refractivity contribution in [3.05, 3.63) is 62.4 Å². The summed E-state index contributed by atoms with van der Waals surface area (Å²) in [4.78, 5) is 41.1. The number of aromatic amines is 2. The van der Waals surface area contributed by atoms with Crippen LogP contribution in [0.2, 0.25) is 0 Å². The average molecular weight is 328 g/mol. The van der Waals surface area contributed by atoms with E-state index in [9.17, 15) is 14.4 Å². The number of nitrogens with zero attached hydrogens (tertiary/aromatic N) is 1. The van der Waals surface area contributed by atoms with Gasteiger partial charge in [0.25, 0.3) is 11.5 Å². The van der Waals surface area contributed by atoms with Gasteiger partial charge in [0.1, 0.15) is 5.56 Å². The number of amides is 1. The van der Waals surface area contributed by atoms with Crippen molar-refractivity contribution >= 4 is 11.6 Å². The van der Waals surface area contributed by atoms with Gasteiger partial charge in [-0.25, -0.2) is 4.79 Å². The Morgan fingerprint density at radius 1 is 1.25 bits per heavy atom. The maximum absolute atomic E-state index is 12.0. The first-order valence-electron chi connectivity index (χ1n) is 8.08. The van der Waals surface area contributed by atoms with Crippen molar-refractivity contribution in [3.63, 3.8) is 0 Å². The number of hydrogen-bond donors (Lipinski definition) is 3. The second-order valence-corrected chi connectivity index (χ2v) is 5.81.